The molecule has 2 aliphatic rings. The first-order valence-corrected chi connectivity index (χ1v) is 9.72. The van der Waals surface area contributed by atoms with Gasteiger partial charge in [0.2, 0.25) is 0 Å². The number of carbonyl (C=O) groups excluding carboxylic acids is 1. The number of benzene rings is 2. The fourth-order valence-electron chi connectivity index (χ4n) is 3.96. The second kappa shape index (κ2) is 7.13. The van der Waals surface area contributed by atoms with Crippen molar-refractivity contribution in [3.63, 3.8) is 0 Å². The van der Waals surface area contributed by atoms with E-state index in [0.717, 1.165) is 17.6 Å². The number of rotatable bonds is 2. The van der Waals surface area contributed by atoms with Crippen LogP contribution >= 0.6 is 0 Å². The molecular weight excluding hydrogens is 354 g/mol. The van der Waals surface area contributed by atoms with Gasteiger partial charge in [-0.05, 0) is 67.3 Å². The van der Waals surface area contributed by atoms with Crippen LogP contribution in [0.15, 0.2) is 42.5 Å². The SMILES string of the molecule is COc1ccc2cc(C3=CC4COCC(C3)N4C(=O)OC(C)(C)C)ccc2c1. The summed E-state index contributed by atoms with van der Waals surface area (Å²) in [6.45, 7) is 6.73. The van der Waals surface area contributed by atoms with Gasteiger partial charge in [-0.15, -0.1) is 0 Å². The molecule has 2 unspecified atom stereocenters. The van der Waals surface area contributed by atoms with Crippen LogP contribution in [-0.2, 0) is 9.47 Å². The molecule has 0 N–H and O–H groups in total. The van der Waals surface area contributed by atoms with E-state index in [1.165, 1.54) is 16.5 Å². The molecule has 2 aliphatic heterocycles. The summed E-state index contributed by atoms with van der Waals surface area (Å²) in [7, 11) is 1.68. The summed E-state index contributed by atoms with van der Waals surface area (Å²) >= 11 is 0. The van der Waals surface area contributed by atoms with Crippen molar-refractivity contribution >= 4 is 22.4 Å². The Morgan fingerprint density at radius 2 is 1.86 bits per heavy atom. The zero-order chi connectivity index (χ0) is 19.9. The van der Waals surface area contributed by atoms with Crippen molar-refractivity contribution in [2.45, 2.75) is 44.9 Å². The van der Waals surface area contributed by atoms with Crippen LogP contribution < -0.4 is 4.74 Å². The zero-order valence-corrected chi connectivity index (χ0v) is 16.9. The topological polar surface area (TPSA) is 48.0 Å². The van der Waals surface area contributed by atoms with Gasteiger partial charge in [0.15, 0.2) is 0 Å². The number of amides is 1. The highest BCUT2D eigenvalue weighted by molar-refractivity contribution is 5.88. The van der Waals surface area contributed by atoms with Gasteiger partial charge in [0.25, 0.3) is 0 Å². The van der Waals surface area contributed by atoms with Gasteiger partial charge in [-0.2, -0.15) is 0 Å². The van der Waals surface area contributed by atoms with Gasteiger partial charge < -0.3 is 14.2 Å². The summed E-state index contributed by atoms with van der Waals surface area (Å²) in [6.07, 6.45) is 2.66. The minimum absolute atomic E-state index is 0.000152. The molecule has 1 saturated heterocycles. The maximum atomic E-state index is 12.7. The summed E-state index contributed by atoms with van der Waals surface area (Å²) in [6, 6.07) is 12.5. The van der Waals surface area contributed by atoms with Crippen LogP contribution in [0.5, 0.6) is 5.75 Å². The summed E-state index contributed by atoms with van der Waals surface area (Å²) < 4.78 is 16.7. The Morgan fingerprint density at radius 1 is 1.11 bits per heavy atom. The normalized spacial score (nSPS) is 22.0. The van der Waals surface area contributed by atoms with Crippen molar-refractivity contribution in [1.29, 1.82) is 0 Å². The first-order chi connectivity index (χ1) is 13.3. The molecule has 1 fully saturated rings. The quantitative estimate of drug-likeness (QED) is 0.760. The molecule has 0 aliphatic carbocycles. The Balaban J connectivity index is 1.63. The number of ether oxygens (including phenoxy) is 3. The molecule has 5 nitrogen and oxygen atoms in total. The lowest BCUT2D eigenvalue weighted by molar-refractivity contribution is -0.0510. The van der Waals surface area contributed by atoms with E-state index in [4.69, 9.17) is 14.2 Å². The molecule has 2 aromatic rings. The van der Waals surface area contributed by atoms with Crippen molar-refractivity contribution < 1.29 is 19.0 Å². The number of morpholine rings is 1. The number of hydrogen-bond donors (Lipinski definition) is 0. The van der Waals surface area contributed by atoms with Gasteiger partial charge in [0.05, 0.1) is 32.4 Å². The number of hydrogen-bond acceptors (Lipinski definition) is 4. The molecular formula is C23H27NO4. The van der Waals surface area contributed by atoms with E-state index in [2.05, 4.69) is 30.3 Å². The van der Waals surface area contributed by atoms with Crippen LogP contribution in [0.2, 0.25) is 0 Å². The van der Waals surface area contributed by atoms with Gasteiger partial charge in [0.1, 0.15) is 11.4 Å². The lowest BCUT2D eigenvalue weighted by Gasteiger charge is -2.44. The third-order valence-corrected chi connectivity index (χ3v) is 5.22. The summed E-state index contributed by atoms with van der Waals surface area (Å²) in [5.74, 6) is 0.858. The summed E-state index contributed by atoms with van der Waals surface area (Å²) in [5, 5.41) is 2.33. The van der Waals surface area contributed by atoms with Crippen molar-refractivity contribution in [3.05, 3.63) is 48.0 Å². The molecule has 4 rings (SSSR count). The van der Waals surface area contributed by atoms with Gasteiger partial charge in [0, 0.05) is 0 Å². The van der Waals surface area contributed by atoms with E-state index in [9.17, 15) is 4.79 Å². The largest absolute Gasteiger partial charge is 0.497 e. The minimum atomic E-state index is -0.504. The Labute approximate surface area is 165 Å². The maximum Gasteiger partial charge on any atom is 0.411 e. The Morgan fingerprint density at radius 3 is 2.57 bits per heavy atom. The molecule has 0 radical (unpaired) electrons. The standard InChI is InChI=1S/C23H27NO4/c1-23(2,3)28-22(25)24-19-10-18(11-20(24)14-27-13-19)16-5-6-17-12-21(26-4)8-7-15(17)9-16/h5-10,12,19-20H,11,13-14H2,1-4H3. The van der Waals surface area contributed by atoms with Crippen molar-refractivity contribution in [2.75, 3.05) is 20.3 Å². The highest BCUT2D eigenvalue weighted by Gasteiger charge is 2.40. The van der Waals surface area contributed by atoms with Gasteiger partial charge in [-0.3, -0.25) is 4.90 Å². The molecule has 0 spiro atoms. The molecule has 28 heavy (non-hydrogen) atoms. The fourth-order valence-corrected chi connectivity index (χ4v) is 3.96. The second-order valence-corrected chi connectivity index (χ2v) is 8.47. The molecule has 0 aromatic heterocycles. The zero-order valence-electron chi connectivity index (χ0n) is 16.9. The van der Waals surface area contributed by atoms with Crippen LogP contribution in [0.3, 0.4) is 0 Å². The molecule has 148 valence electrons. The van der Waals surface area contributed by atoms with E-state index in [0.29, 0.717) is 13.2 Å². The average Bonchev–Trinajstić information content (AvgIpc) is 2.64. The predicted octanol–water partition coefficient (Wildman–Crippen LogP) is 4.64. The fraction of sp³-hybridized carbons (Fsp3) is 0.435. The van der Waals surface area contributed by atoms with E-state index in [1.54, 1.807) is 7.11 Å². The smallest absolute Gasteiger partial charge is 0.411 e. The second-order valence-electron chi connectivity index (χ2n) is 8.47. The lowest BCUT2D eigenvalue weighted by Crippen LogP contribution is -2.57. The molecule has 0 saturated carbocycles. The van der Waals surface area contributed by atoms with Crippen LogP contribution in [0.1, 0.15) is 32.8 Å². The number of methoxy groups -OCH3 is 1. The number of fused-ring (bicyclic) bond motifs is 3. The summed E-state index contributed by atoms with van der Waals surface area (Å²) in [5.41, 5.74) is 1.95. The van der Waals surface area contributed by atoms with Gasteiger partial charge >= 0.3 is 6.09 Å². The Bertz CT molecular complexity index is 928. The lowest BCUT2D eigenvalue weighted by atomic mass is 9.89. The first-order valence-electron chi connectivity index (χ1n) is 9.72. The highest BCUT2D eigenvalue weighted by atomic mass is 16.6. The van der Waals surface area contributed by atoms with Crippen LogP contribution in [0, 0.1) is 0 Å². The predicted molar refractivity (Wildman–Crippen MR) is 110 cm³/mol. The van der Waals surface area contributed by atoms with Crippen LogP contribution in [0.4, 0.5) is 4.79 Å². The third kappa shape index (κ3) is 3.72. The van der Waals surface area contributed by atoms with E-state index < -0.39 is 5.60 Å². The van der Waals surface area contributed by atoms with E-state index in [1.807, 2.05) is 37.8 Å². The molecule has 2 heterocycles. The molecule has 2 atom stereocenters. The number of carbonyl (C=O) groups is 1. The van der Waals surface area contributed by atoms with Gasteiger partial charge in [-0.25, -0.2) is 4.79 Å². The van der Waals surface area contributed by atoms with Crippen molar-refractivity contribution in [1.82, 2.24) is 4.90 Å². The molecule has 2 aromatic carbocycles. The Hall–Kier alpha value is -2.53. The molecule has 2 bridgehead atoms. The van der Waals surface area contributed by atoms with Crippen molar-refractivity contribution in [2.24, 2.45) is 0 Å². The van der Waals surface area contributed by atoms with Crippen molar-refractivity contribution in [3.8, 4) is 5.75 Å². The minimum Gasteiger partial charge on any atom is -0.497 e. The van der Waals surface area contributed by atoms with Crippen LogP contribution in [0.25, 0.3) is 16.3 Å². The highest BCUT2D eigenvalue weighted by Crippen LogP contribution is 2.35. The van der Waals surface area contributed by atoms with E-state index >= 15 is 0 Å². The molecule has 1 amide bonds. The summed E-state index contributed by atoms with van der Waals surface area (Å²) in [4.78, 5) is 14.6. The van der Waals surface area contributed by atoms with Gasteiger partial charge in [-0.1, -0.05) is 24.3 Å². The third-order valence-electron chi connectivity index (χ3n) is 5.22. The average molecular weight is 381 g/mol. The monoisotopic (exact) mass is 381 g/mol. The first kappa shape index (κ1) is 18.8. The Kier molecular flexibility index (Phi) is 4.79. The number of nitrogens with zero attached hydrogens (tertiary/aromatic N) is 1. The van der Waals surface area contributed by atoms with Crippen LogP contribution in [-0.4, -0.2) is 49.0 Å². The van der Waals surface area contributed by atoms with E-state index in [-0.39, 0.29) is 18.2 Å². The maximum absolute atomic E-state index is 12.7. The molecule has 5 heteroatoms.